The fourth-order valence-corrected chi connectivity index (χ4v) is 5.05. The Kier molecular flexibility index (Phi) is 6.17. The van der Waals surface area contributed by atoms with E-state index < -0.39 is 14.1 Å². The number of benzene rings is 1. The summed E-state index contributed by atoms with van der Waals surface area (Å²) in [5, 5.41) is 3.28. The van der Waals surface area contributed by atoms with Crippen molar-refractivity contribution in [1.29, 1.82) is 0 Å². The molecule has 170 valence electrons. The molecule has 0 saturated heterocycles. The standard InChI is InChI=1S/C23H28ClFN4OSSi/c1-23(2,3)32(4,5)30-19(13-6-7-13)21-28-18-15(10-11-26-20(18)29-21)22(31)27-14-8-9-17(25)16(24)12-14/h8-13,19H,6-7H2,1-5H3,(H,27,31)(H,26,28,29). The molecule has 1 fully saturated rings. The summed E-state index contributed by atoms with van der Waals surface area (Å²) in [6.45, 7) is 11.3. The van der Waals surface area contributed by atoms with Crippen LogP contribution in [-0.4, -0.2) is 28.3 Å². The van der Waals surface area contributed by atoms with Crippen molar-refractivity contribution in [3.8, 4) is 0 Å². The molecular weight excluding hydrogens is 463 g/mol. The number of pyridine rings is 1. The number of rotatable bonds is 6. The van der Waals surface area contributed by atoms with E-state index in [-0.39, 0.29) is 16.2 Å². The third-order valence-electron chi connectivity index (χ3n) is 6.38. The van der Waals surface area contributed by atoms with E-state index in [1.165, 1.54) is 12.1 Å². The van der Waals surface area contributed by atoms with Gasteiger partial charge in [-0.3, -0.25) is 0 Å². The van der Waals surface area contributed by atoms with E-state index >= 15 is 0 Å². The molecule has 1 unspecified atom stereocenters. The van der Waals surface area contributed by atoms with Gasteiger partial charge >= 0.3 is 0 Å². The van der Waals surface area contributed by atoms with Crippen LogP contribution in [0.3, 0.4) is 0 Å². The molecule has 2 heterocycles. The first-order chi connectivity index (χ1) is 15.0. The minimum atomic E-state index is -1.98. The Morgan fingerprint density at radius 1 is 1.31 bits per heavy atom. The lowest BCUT2D eigenvalue weighted by atomic mass is 10.2. The van der Waals surface area contributed by atoms with Gasteiger partial charge in [0.2, 0.25) is 0 Å². The van der Waals surface area contributed by atoms with Gasteiger partial charge in [0.15, 0.2) is 14.0 Å². The zero-order chi connectivity index (χ0) is 23.3. The van der Waals surface area contributed by atoms with Gasteiger partial charge in [0, 0.05) is 17.4 Å². The van der Waals surface area contributed by atoms with Gasteiger partial charge in [0.25, 0.3) is 0 Å². The van der Waals surface area contributed by atoms with Crippen LogP contribution in [0.1, 0.15) is 51.1 Å². The lowest BCUT2D eigenvalue weighted by Crippen LogP contribution is -2.42. The molecule has 1 atom stereocenters. The quantitative estimate of drug-likeness (QED) is 0.287. The van der Waals surface area contributed by atoms with Crippen LogP contribution < -0.4 is 5.32 Å². The normalized spacial score (nSPS) is 15.7. The van der Waals surface area contributed by atoms with Gasteiger partial charge in [-0.1, -0.05) is 44.6 Å². The Morgan fingerprint density at radius 3 is 2.66 bits per heavy atom. The summed E-state index contributed by atoms with van der Waals surface area (Å²) in [5.41, 5.74) is 2.75. The van der Waals surface area contributed by atoms with Crippen molar-refractivity contribution < 1.29 is 8.82 Å². The smallest absolute Gasteiger partial charge is 0.193 e. The van der Waals surface area contributed by atoms with E-state index in [4.69, 9.17) is 33.2 Å². The number of nitrogens with one attached hydrogen (secondary N) is 2. The number of H-pyrrole nitrogens is 1. The summed E-state index contributed by atoms with van der Waals surface area (Å²) in [5.74, 6) is 0.806. The number of aromatic nitrogens is 3. The van der Waals surface area contributed by atoms with Crippen molar-refractivity contribution in [3.63, 3.8) is 0 Å². The van der Waals surface area contributed by atoms with Crippen molar-refractivity contribution in [2.45, 2.75) is 57.8 Å². The van der Waals surface area contributed by atoms with Gasteiger partial charge in [-0.2, -0.15) is 0 Å². The summed E-state index contributed by atoms with van der Waals surface area (Å²) in [4.78, 5) is 13.2. The summed E-state index contributed by atoms with van der Waals surface area (Å²) < 4.78 is 20.3. The van der Waals surface area contributed by atoms with Crippen LogP contribution in [0.15, 0.2) is 30.5 Å². The minimum Gasteiger partial charge on any atom is -0.406 e. The third-order valence-corrected chi connectivity index (χ3v) is 11.4. The van der Waals surface area contributed by atoms with Crippen molar-refractivity contribution in [1.82, 2.24) is 15.0 Å². The van der Waals surface area contributed by atoms with Gasteiger partial charge in [0.05, 0.1) is 10.5 Å². The second-order valence-electron chi connectivity index (χ2n) is 9.90. The van der Waals surface area contributed by atoms with E-state index in [0.29, 0.717) is 22.2 Å². The molecule has 3 aromatic rings. The zero-order valence-electron chi connectivity index (χ0n) is 18.9. The van der Waals surface area contributed by atoms with Gasteiger partial charge in [-0.15, -0.1) is 0 Å². The molecule has 1 aromatic carbocycles. The molecule has 0 aliphatic heterocycles. The SMILES string of the molecule is CC(C)(C)[Si](C)(C)OC(c1nc2nccc(C(=S)Nc3ccc(F)c(Cl)c3)c2[nH]1)C1CC1. The predicted octanol–water partition coefficient (Wildman–Crippen LogP) is 7.01. The van der Waals surface area contributed by atoms with Crippen LogP contribution in [0.25, 0.3) is 11.2 Å². The second-order valence-corrected chi connectivity index (χ2v) is 15.5. The van der Waals surface area contributed by atoms with Gasteiger partial charge in [0.1, 0.15) is 22.7 Å². The Hall–Kier alpha value is -1.87. The lowest BCUT2D eigenvalue weighted by Gasteiger charge is -2.39. The van der Waals surface area contributed by atoms with Crippen LogP contribution in [0.2, 0.25) is 23.2 Å². The number of fused-ring (bicyclic) bond motifs is 1. The number of imidazole rings is 1. The number of nitrogens with zero attached hydrogens (tertiary/aromatic N) is 2. The van der Waals surface area contributed by atoms with E-state index in [1.54, 1.807) is 12.3 Å². The zero-order valence-corrected chi connectivity index (χ0v) is 21.5. The first-order valence-electron chi connectivity index (χ1n) is 10.7. The lowest BCUT2D eigenvalue weighted by molar-refractivity contribution is 0.153. The maximum Gasteiger partial charge on any atom is 0.193 e. The molecule has 0 amide bonds. The van der Waals surface area contributed by atoms with Crippen LogP contribution >= 0.6 is 23.8 Å². The van der Waals surface area contributed by atoms with Gasteiger partial charge < -0.3 is 14.7 Å². The molecule has 9 heteroatoms. The molecule has 2 N–H and O–H groups in total. The van der Waals surface area contributed by atoms with E-state index in [9.17, 15) is 4.39 Å². The highest BCUT2D eigenvalue weighted by molar-refractivity contribution is 7.81. The number of hydrogen-bond acceptors (Lipinski definition) is 4. The molecule has 32 heavy (non-hydrogen) atoms. The highest BCUT2D eigenvalue weighted by Crippen LogP contribution is 2.48. The van der Waals surface area contributed by atoms with Crippen molar-refractivity contribution in [2.24, 2.45) is 5.92 Å². The predicted molar refractivity (Wildman–Crippen MR) is 134 cm³/mol. The average molecular weight is 491 g/mol. The molecule has 1 aliphatic carbocycles. The summed E-state index contributed by atoms with van der Waals surface area (Å²) in [6.07, 6.45) is 3.90. The highest BCUT2D eigenvalue weighted by Gasteiger charge is 2.44. The molecule has 1 aliphatic rings. The molecule has 4 rings (SSSR count). The molecule has 0 radical (unpaired) electrons. The Balaban J connectivity index is 1.65. The minimum absolute atomic E-state index is 0.0385. The number of halogens is 2. The van der Waals surface area contributed by atoms with E-state index in [1.807, 2.05) is 6.07 Å². The average Bonchev–Trinajstić information content (AvgIpc) is 3.45. The molecule has 1 saturated carbocycles. The second kappa shape index (κ2) is 8.48. The van der Waals surface area contributed by atoms with E-state index in [2.05, 4.69) is 49.1 Å². The van der Waals surface area contributed by atoms with Crippen LogP contribution in [-0.2, 0) is 4.43 Å². The van der Waals surface area contributed by atoms with E-state index in [0.717, 1.165) is 29.7 Å². The number of aromatic amines is 1. The number of anilines is 1. The Labute approximate surface area is 199 Å². The van der Waals surface area contributed by atoms with Crippen molar-refractivity contribution in [3.05, 3.63) is 52.7 Å². The topological polar surface area (TPSA) is 62.8 Å². The van der Waals surface area contributed by atoms with Crippen molar-refractivity contribution in [2.75, 3.05) is 5.32 Å². The summed E-state index contributed by atoms with van der Waals surface area (Å²) in [7, 11) is -1.98. The maximum absolute atomic E-state index is 13.5. The van der Waals surface area contributed by atoms with Crippen LogP contribution in [0.5, 0.6) is 0 Å². The van der Waals surface area contributed by atoms with Gasteiger partial charge in [-0.25, -0.2) is 14.4 Å². The summed E-state index contributed by atoms with van der Waals surface area (Å²) >= 11 is 11.5. The van der Waals surface area contributed by atoms with Crippen LogP contribution in [0.4, 0.5) is 10.1 Å². The summed E-state index contributed by atoms with van der Waals surface area (Å²) in [6, 6.07) is 6.25. The molecule has 5 nitrogen and oxygen atoms in total. The Bertz CT molecular complexity index is 1170. The highest BCUT2D eigenvalue weighted by atomic mass is 35.5. The molecule has 2 aromatic heterocycles. The molecule has 0 spiro atoms. The fourth-order valence-electron chi connectivity index (χ4n) is 3.29. The van der Waals surface area contributed by atoms with Crippen molar-refractivity contribution >= 4 is 54.0 Å². The molecular formula is C23H28ClFN4OSSi. The maximum atomic E-state index is 13.5. The van der Waals surface area contributed by atoms with Crippen LogP contribution in [0, 0.1) is 11.7 Å². The number of thiocarbonyl (C=S) groups is 1. The first-order valence-corrected chi connectivity index (χ1v) is 14.4. The Morgan fingerprint density at radius 2 is 2.03 bits per heavy atom. The first kappa shape index (κ1) is 23.3. The molecule has 0 bridgehead atoms. The fraction of sp³-hybridized carbons (Fsp3) is 0.435. The van der Waals surface area contributed by atoms with Gasteiger partial charge in [-0.05, 0) is 61.2 Å². The third kappa shape index (κ3) is 4.73. The monoisotopic (exact) mass is 490 g/mol. The largest absolute Gasteiger partial charge is 0.406 e. The number of hydrogen-bond donors (Lipinski definition) is 2.